The normalized spacial score (nSPS) is 14.4. The second-order valence-electron chi connectivity index (χ2n) is 9.35. The summed E-state index contributed by atoms with van der Waals surface area (Å²) >= 11 is 1.50. The first-order valence-electron chi connectivity index (χ1n) is 12.4. The molecule has 1 saturated carbocycles. The van der Waals surface area contributed by atoms with Crippen molar-refractivity contribution in [3.05, 3.63) is 76.9 Å². The van der Waals surface area contributed by atoms with Crippen LogP contribution in [-0.2, 0) is 16.1 Å². The minimum absolute atomic E-state index is 0.109. The first-order valence-corrected chi connectivity index (χ1v) is 13.3. The van der Waals surface area contributed by atoms with Crippen LogP contribution in [0.15, 0.2) is 60.2 Å². The van der Waals surface area contributed by atoms with Gasteiger partial charge in [0.1, 0.15) is 12.6 Å². The molecule has 0 bridgehead atoms. The van der Waals surface area contributed by atoms with Gasteiger partial charge in [-0.25, -0.2) is 0 Å². The summed E-state index contributed by atoms with van der Waals surface area (Å²) < 4.78 is 0. The number of anilines is 1. The maximum atomic E-state index is 14.0. The first kappa shape index (κ1) is 24.8. The number of amides is 2. The van der Waals surface area contributed by atoms with Crippen molar-refractivity contribution in [3.63, 3.8) is 0 Å². The molecular weight excluding hydrogens is 486 g/mol. The van der Waals surface area contributed by atoms with Gasteiger partial charge in [0.25, 0.3) is 5.91 Å². The number of nitrogens with zero attached hydrogens (tertiary/aromatic N) is 6. The zero-order valence-electron chi connectivity index (χ0n) is 20.9. The van der Waals surface area contributed by atoms with Crippen molar-refractivity contribution in [3.8, 4) is 10.7 Å². The van der Waals surface area contributed by atoms with Gasteiger partial charge in [-0.1, -0.05) is 31.0 Å². The Morgan fingerprint density at radius 2 is 1.92 bits per heavy atom. The monoisotopic (exact) mass is 515 g/mol. The van der Waals surface area contributed by atoms with Crippen LogP contribution in [0.3, 0.4) is 0 Å². The molecule has 1 atom stereocenters. The lowest BCUT2D eigenvalue weighted by Gasteiger charge is -2.33. The Balaban J connectivity index is 1.53. The maximum Gasteiger partial charge on any atom is 0.251 e. The molecule has 190 valence electrons. The maximum absolute atomic E-state index is 14.0. The van der Waals surface area contributed by atoms with Crippen LogP contribution >= 0.6 is 11.3 Å². The van der Waals surface area contributed by atoms with Crippen LogP contribution < -0.4 is 10.2 Å². The van der Waals surface area contributed by atoms with Gasteiger partial charge in [-0.2, -0.15) is 4.80 Å². The zero-order valence-corrected chi connectivity index (χ0v) is 21.7. The molecule has 0 spiro atoms. The Morgan fingerprint density at radius 1 is 1.14 bits per heavy atom. The average molecular weight is 516 g/mol. The van der Waals surface area contributed by atoms with E-state index in [1.54, 1.807) is 29.4 Å². The summed E-state index contributed by atoms with van der Waals surface area (Å²) in [5.41, 5.74) is 3.23. The molecular formula is C27H29N7O2S. The van der Waals surface area contributed by atoms with E-state index in [1.807, 2.05) is 49.6 Å². The number of carbonyl (C=O) groups excluding carboxylic acids is 2. The quantitative estimate of drug-likeness (QED) is 0.376. The van der Waals surface area contributed by atoms with Crippen LogP contribution in [0, 0.1) is 13.8 Å². The van der Waals surface area contributed by atoms with Crippen molar-refractivity contribution in [2.75, 3.05) is 4.90 Å². The van der Waals surface area contributed by atoms with Crippen molar-refractivity contribution in [2.45, 2.75) is 58.2 Å². The molecule has 9 nitrogen and oxygen atoms in total. The number of rotatable bonds is 8. The number of aryl methyl sites for hydroxylation is 2. The molecule has 1 aromatic carbocycles. The van der Waals surface area contributed by atoms with Gasteiger partial charge in [0.15, 0.2) is 0 Å². The Labute approximate surface area is 219 Å². The molecule has 1 fully saturated rings. The summed E-state index contributed by atoms with van der Waals surface area (Å²) in [7, 11) is 0. The zero-order chi connectivity index (χ0) is 25.8. The number of nitrogens with one attached hydrogen (secondary N) is 1. The van der Waals surface area contributed by atoms with Crippen LogP contribution in [0.4, 0.5) is 5.69 Å². The Kier molecular flexibility index (Phi) is 7.36. The predicted molar refractivity (Wildman–Crippen MR) is 142 cm³/mol. The third-order valence-corrected chi connectivity index (χ3v) is 7.46. The van der Waals surface area contributed by atoms with Crippen LogP contribution in [0.2, 0.25) is 0 Å². The minimum Gasteiger partial charge on any atom is -0.351 e. The van der Waals surface area contributed by atoms with Gasteiger partial charge in [-0.3, -0.25) is 19.5 Å². The summed E-state index contributed by atoms with van der Waals surface area (Å²) in [6.45, 7) is 3.75. The van der Waals surface area contributed by atoms with Gasteiger partial charge in [0.05, 0.1) is 4.88 Å². The third-order valence-electron chi connectivity index (χ3n) is 6.59. The SMILES string of the molecule is Cc1ccc(C)c(N(C(=O)Cn2nnc(-c3cccs3)n2)C(C(=O)NC2CCCC2)c2ccncc2)c1. The topological polar surface area (TPSA) is 106 Å². The predicted octanol–water partition coefficient (Wildman–Crippen LogP) is 4.25. The van der Waals surface area contributed by atoms with Crippen LogP contribution in [0.25, 0.3) is 10.7 Å². The lowest BCUT2D eigenvalue weighted by atomic mass is 10.0. The third kappa shape index (κ3) is 5.59. The van der Waals surface area contributed by atoms with E-state index in [1.165, 1.54) is 16.1 Å². The summed E-state index contributed by atoms with van der Waals surface area (Å²) in [6, 6.07) is 12.5. The van der Waals surface area contributed by atoms with Gasteiger partial charge < -0.3 is 5.32 Å². The van der Waals surface area contributed by atoms with E-state index in [0.717, 1.165) is 41.7 Å². The Hall–Kier alpha value is -3.92. The molecule has 0 radical (unpaired) electrons. The molecule has 5 rings (SSSR count). The number of hydrogen-bond acceptors (Lipinski definition) is 7. The van der Waals surface area contributed by atoms with Crippen LogP contribution in [-0.4, -0.2) is 43.0 Å². The summed E-state index contributed by atoms with van der Waals surface area (Å²) in [6.07, 6.45) is 7.36. The van der Waals surface area contributed by atoms with Crippen molar-refractivity contribution in [1.82, 2.24) is 30.5 Å². The molecule has 1 unspecified atom stereocenters. The van der Waals surface area contributed by atoms with Crippen molar-refractivity contribution >= 4 is 28.8 Å². The molecule has 3 heterocycles. The highest BCUT2D eigenvalue weighted by molar-refractivity contribution is 7.13. The summed E-state index contributed by atoms with van der Waals surface area (Å²) in [4.78, 5) is 35.7. The molecule has 1 N–H and O–H groups in total. The molecule has 2 amide bonds. The minimum atomic E-state index is -0.878. The highest BCUT2D eigenvalue weighted by atomic mass is 32.1. The number of pyridine rings is 1. The molecule has 4 aromatic rings. The van der Waals surface area contributed by atoms with Crippen molar-refractivity contribution < 1.29 is 9.59 Å². The van der Waals surface area contributed by atoms with Crippen molar-refractivity contribution in [2.24, 2.45) is 0 Å². The fourth-order valence-electron chi connectivity index (χ4n) is 4.72. The van der Waals surface area contributed by atoms with E-state index in [4.69, 9.17) is 0 Å². The first-order chi connectivity index (χ1) is 18.0. The molecule has 3 aromatic heterocycles. The smallest absolute Gasteiger partial charge is 0.251 e. The lowest BCUT2D eigenvalue weighted by Crippen LogP contribution is -2.47. The molecule has 0 aliphatic heterocycles. The largest absolute Gasteiger partial charge is 0.351 e. The Morgan fingerprint density at radius 3 is 2.65 bits per heavy atom. The second kappa shape index (κ2) is 11.0. The summed E-state index contributed by atoms with van der Waals surface area (Å²) in [5.74, 6) is -0.0591. The second-order valence-corrected chi connectivity index (χ2v) is 10.3. The van der Waals surface area contributed by atoms with Gasteiger partial charge in [-0.15, -0.1) is 21.5 Å². The summed E-state index contributed by atoms with van der Waals surface area (Å²) in [5, 5.41) is 17.8. The molecule has 1 aliphatic rings. The highest BCUT2D eigenvalue weighted by Crippen LogP contribution is 2.32. The number of carbonyl (C=O) groups is 2. The molecule has 0 saturated heterocycles. The fourth-order valence-corrected chi connectivity index (χ4v) is 5.37. The van der Waals surface area contributed by atoms with Gasteiger partial charge in [0, 0.05) is 24.1 Å². The number of thiophene rings is 1. The van der Waals surface area contributed by atoms with E-state index in [9.17, 15) is 9.59 Å². The standard InChI is InChI=1S/C27H29N7O2S/c1-18-9-10-19(2)22(16-18)34(24(35)17-33-31-26(30-32-33)23-8-5-15-37-23)25(20-11-13-28-14-12-20)27(36)29-21-6-3-4-7-21/h5,8-16,21,25H,3-4,6-7,17H2,1-2H3,(H,29,36). The van der Waals surface area contributed by atoms with Gasteiger partial charge in [0.2, 0.25) is 11.7 Å². The van der Waals surface area contributed by atoms with E-state index in [-0.39, 0.29) is 24.4 Å². The average Bonchev–Trinajstić information content (AvgIpc) is 3.68. The fraction of sp³-hybridized carbons (Fsp3) is 0.333. The van der Waals surface area contributed by atoms with Crippen LogP contribution in [0.1, 0.15) is 48.4 Å². The van der Waals surface area contributed by atoms with Gasteiger partial charge >= 0.3 is 0 Å². The Bertz CT molecular complexity index is 1360. The van der Waals surface area contributed by atoms with E-state index in [0.29, 0.717) is 17.1 Å². The highest BCUT2D eigenvalue weighted by Gasteiger charge is 2.35. The van der Waals surface area contributed by atoms with E-state index < -0.39 is 6.04 Å². The lowest BCUT2D eigenvalue weighted by molar-refractivity contribution is -0.127. The van der Waals surface area contributed by atoms with Crippen molar-refractivity contribution in [1.29, 1.82) is 0 Å². The van der Waals surface area contributed by atoms with Crippen LogP contribution in [0.5, 0.6) is 0 Å². The van der Waals surface area contributed by atoms with E-state index >= 15 is 0 Å². The molecule has 10 heteroatoms. The number of benzene rings is 1. The molecule has 1 aliphatic carbocycles. The number of aromatic nitrogens is 5. The number of tetrazole rings is 1. The number of hydrogen-bond donors (Lipinski definition) is 1. The molecule has 37 heavy (non-hydrogen) atoms. The van der Waals surface area contributed by atoms with E-state index in [2.05, 4.69) is 25.7 Å². The van der Waals surface area contributed by atoms with Gasteiger partial charge in [-0.05, 0) is 78.2 Å².